The Bertz CT molecular complexity index is 418. The largest absolute Gasteiger partial charge is 0.492 e. The lowest BCUT2D eigenvalue weighted by molar-refractivity contribution is 0.168. The summed E-state index contributed by atoms with van der Waals surface area (Å²) < 4.78 is 10.1. The van der Waals surface area contributed by atoms with Crippen molar-refractivity contribution in [3.05, 3.63) is 29.3 Å². The lowest BCUT2D eigenvalue weighted by Gasteiger charge is -2.16. The second kappa shape index (κ2) is 6.28. The molecule has 1 aromatic carbocycles. The fourth-order valence-corrected chi connectivity index (χ4v) is 2.19. The summed E-state index contributed by atoms with van der Waals surface area (Å²) in [6.07, 6.45) is 4.45. The number of rotatable bonds is 4. The smallest absolute Gasteiger partial charge is 0.406 e. The number of hydrogen-bond acceptors (Lipinski definition) is 3. The molecule has 98 valence electrons. The third-order valence-electron chi connectivity index (χ3n) is 3.15. The van der Waals surface area contributed by atoms with Gasteiger partial charge in [-0.25, -0.2) is 4.79 Å². The van der Waals surface area contributed by atoms with Crippen LogP contribution in [-0.4, -0.2) is 26.4 Å². The van der Waals surface area contributed by atoms with Gasteiger partial charge in [-0.3, -0.25) is 0 Å². The topological polar surface area (TPSA) is 47.6 Å². The highest BCUT2D eigenvalue weighted by Gasteiger charge is 2.09. The fraction of sp³-hybridized carbons (Fsp3) is 0.500. The lowest BCUT2D eigenvalue weighted by atomic mass is 9.92. The van der Waals surface area contributed by atoms with Gasteiger partial charge in [0.25, 0.3) is 0 Å². The minimum absolute atomic E-state index is 0.427. The average Bonchev–Trinajstić information content (AvgIpc) is 2.43. The molecule has 0 spiro atoms. The zero-order valence-corrected chi connectivity index (χ0v) is 10.7. The van der Waals surface area contributed by atoms with Crippen LogP contribution in [0.1, 0.15) is 24.0 Å². The van der Waals surface area contributed by atoms with Crippen LogP contribution in [0.15, 0.2) is 18.2 Å². The van der Waals surface area contributed by atoms with Gasteiger partial charge in [-0.2, -0.15) is 0 Å². The molecule has 1 aromatic rings. The van der Waals surface area contributed by atoms with E-state index in [1.165, 1.54) is 37.5 Å². The van der Waals surface area contributed by atoms with Crippen LogP contribution < -0.4 is 10.1 Å². The lowest BCUT2D eigenvalue weighted by Crippen LogP contribution is -2.27. The highest BCUT2D eigenvalue weighted by Crippen LogP contribution is 2.25. The van der Waals surface area contributed by atoms with Crippen LogP contribution in [-0.2, 0) is 17.6 Å². The SMILES string of the molecule is COC(=O)NCCOc1ccc2c(c1)CCCC2. The van der Waals surface area contributed by atoms with E-state index in [0.717, 1.165) is 12.2 Å². The van der Waals surface area contributed by atoms with Gasteiger partial charge in [0.05, 0.1) is 13.7 Å². The Morgan fingerprint density at radius 3 is 2.83 bits per heavy atom. The quantitative estimate of drug-likeness (QED) is 0.833. The second-order valence-corrected chi connectivity index (χ2v) is 4.40. The van der Waals surface area contributed by atoms with Gasteiger partial charge in [-0.05, 0) is 48.9 Å². The summed E-state index contributed by atoms with van der Waals surface area (Å²) in [5.41, 5.74) is 2.85. The normalized spacial score (nSPS) is 13.6. The first kappa shape index (κ1) is 12.7. The molecule has 0 radical (unpaired) electrons. The van der Waals surface area contributed by atoms with Crippen LogP contribution in [0.25, 0.3) is 0 Å². The molecular weight excluding hydrogens is 230 g/mol. The summed E-state index contributed by atoms with van der Waals surface area (Å²) in [6, 6.07) is 6.27. The van der Waals surface area contributed by atoms with Crippen molar-refractivity contribution in [1.29, 1.82) is 0 Å². The van der Waals surface area contributed by atoms with E-state index in [2.05, 4.69) is 22.2 Å². The van der Waals surface area contributed by atoms with E-state index in [0.29, 0.717) is 13.2 Å². The Kier molecular flexibility index (Phi) is 4.45. The van der Waals surface area contributed by atoms with Gasteiger partial charge in [-0.15, -0.1) is 0 Å². The summed E-state index contributed by atoms with van der Waals surface area (Å²) in [5, 5.41) is 2.58. The van der Waals surface area contributed by atoms with Crippen LogP contribution in [0.3, 0.4) is 0 Å². The van der Waals surface area contributed by atoms with Crippen molar-refractivity contribution in [2.45, 2.75) is 25.7 Å². The number of amides is 1. The molecule has 0 saturated heterocycles. The number of ether oxygens (including phenoxy) is 2. The van der Waals surface area contributed by atoms with Crippen molar-refractivity contribution >= 4 is 6.09 Å². The standard InChI is InChI=1S/C14H19NO3/c1-17-14(16)15-8-9-18-13-7-6-11-4-2-3-5-12(11)10-13/h6-7,10H,2-5,8-9H2,1H3,(H,15,16). The van der Waals surface area contributed by atoms with Gasteiger partial charge in [0, 0.05) is 0 Å². The first-order valence-corrected chi connectivity index (χ1v) is 6.36. The molecule has 1 aliphatic carbocycles. The summed E-state index contributed by atoms with van der Waals surface area (Å²) in [6.45, 7) is 0.900. The molecule has 0 aliphatic heterocycles. The number of aryl methyl sites for hydroxylation is 2. The van der Waals surface area contributed by atoms with Gasteiger partial charge in [-0.1, -0.05) is 6.07 Å². The Balaban J connectivity index is 1.81. The van der Waals surface area contributed by atoms with Crippen molar-refractivity contribution in [3.8, 4) is 5.75 Å². The van der Waals surface area contributed by atoms with Gasteiger partial charge in [0.15, 0.2) is 0 Å². The highest BCUT2D eigenvalue weighted by molar-refractivity contribution is 5.66. The molecule has 1 amide bonds. The van der Waals surface area contributed by atoms with Crippen molar-refractivity contribution in [2.24, 2.45) is 0 Å². The zero-order valence-electron chi connectivity index (χ0n) is 10.7. The molecule has 2 rings (SSSR count). The minimum atomic E-state index is -0.427. The van der Waals surface area contributed by atoms with Crippen LogP contribution in [0.4, 0.5) is 4.79 Å². The van der Waals surface area contributed by atoms with Crippen LogP contribution in [0, 0.1) is 0 Å². The van der Waals surface area contributed by atoms with E-state index in [1.54, 1.807) is 0 Å². The van der Waals surface area contributed by atoms with Crippen molar-refractivity contribution in [1.82, 2.24) is 5.32 Å². The average molecular weight is 249 g/mol. The second-order valence-electron chi connectivity index (χ2n) is 4.40. The maximum Gasteiger partial charge on any atom is 0.406 e. The van der Waals surface area contributed by atoms with Crippen LogP contribution in [0.2, 0.25) is 0 Å². The zero-order chi connectivity index (χ0) is 12.8. The number of methoxy groups -OCH3 is 1. The minimum Gasteiger partial charge on any atom is -0.492 e. The van der Waals surface area contributed by atoms with E-state index in [1.807, 2.05) is 6.07 Å². The molecule has 0 atom stereocenters. The van der Waals surface area contributed by atoms with Gasteiger partial charge >= 0.3 is 6.09 Å². The molecule has 0 unspecified atom stereocenters. The molecule has 4 heteroatoms. The number of carbonyl (C=O) groups excluding carboxylic acids is 1. The molecule has 1 aliphatic rings. The molecule has 0 saturated carbocycles. The van der Waals surface area contributed by atoms with E-state index in [4.69, 9.17) is 4.74 Å². The monoisotopic (exact) mass is 249 g/mol. The molecule has 0 fully saturated rings. The molecule has 0 aromatic heterocycles. The Morgan fingerprint density at radius 2 is 2.06 bits per heavy atom. The summed E-state index contributed by atoms with van der Waals surface area (Å²) in [7, 11) is 1.35. The molecular formula is C14H19NO3. The maximum atomic E-state index is 10.8. The van der Waals surface area contributed by atoms with Gasteiger partial charge < -0.3 is 14.8 Å². The van der Waals surface area contributed by atoms with Crippen molar-refractivity contribution in [2.75, 3.05) is 20.3 Å². The van der Waals surface area contributed by atoms with Crippen LogP contribution in [0.5, 0.6) is 5.75 Å². The first-order valence-electron chi connectivity index (χ1n) is 6.36. The highest BCUT2D eigenvalue weighted by atomic mass is 16.5. The Labute approximate surface area is 107 Å². The summed E-state index contributed by atoms with van der Waals surface area (Å²) in [5.74, 6) is 0.877. The predicted molar refractivity (Wildman–Crippen MR) is 69.0 cm³/mol. The third kappa shape index (κ3) is 3.39. The van der Waals surface area contributed by atoms with E-state index in [9.17, 15) is 4.79 Å². The molecule has 1 N–H and O–H groups in total. The first-order chi connectivity index (χ1) is 8.79. The van der Waals surface area contributed by atoms with E-state index >= 15 is 0 Å². The number of nitrogens with one attached hydrogen (secondary N) is 1. The Hall–Kier alpha value is -1.71. The third-order valence-corrected chi connectivity index (χ3v) is 3.15. The van der Waals surface area contributed by atoms with Crippen molar-refractivity contribution < 1.29 is 14.3 Å². The molecule has 4 nitrogen and oxygen atoms in total. The van der Waals surface area contributed by atoms with Gasteiger partial charge in [0.1, 0.15) is 12.4 Å². The van der Waals surface area contributed by atoms with Gasteiger partial charge in [0.2, 0.25) is 0 Å². The maximum absolute atomic E-state index is 10.8. The van der Waals surface area contributed by atoms with Crippen molar-refractivity contribution in [3.63, 3.8) is 0 Å². The number of benzene rings is 1. The molecule has 0 heterocycles. The van der Waals surface area contributed by atoms with E-state index in [-0.39, 0.29) is 0 Å². The molecule has 18 heavy (non-hydrogen) atoms. The van der Waals surface area contributed by atoms with E-state index < -0.39 is 6.09 Å². The summed E-state index contributed by atoms with van der Waals surface area (Å²) >= 11 is 0. The fourth-order valence-electron chi connectivity index (χ4n) is 2.19. The molecule has 0 bridgehead atoms. The predicted octanol–water partition coefficient (Wildman–Crippen LogP) is 2.30. The summed E-state index contributed by atoms with van der Waals surface area (Å²) in [4.78, 5) is 10.8. The van der Waals surface area contributed by atoms with Crippen LogP contribution >= 0.6 is 0 Å². The number of carbonyl (C=O) groups is 1. The Morgan fingerprint density at radius 1 is 1.28 bits per heavy atom. The number of alkyl carbamates (subject to hydrolysis) is 1. The number of hydrogen-bond donors (Lipinski definition) is 1. The number of fused-ring (bicyclic) bond motifs is 1.